The largest absolute Gasteiger partial charge is 0.345 e. The van der Waals surface area contributed by atoms with E-state index >= 15 is 0 Å². The molecule has 1 aromatic heterocycles. The van der Waals surface area contributed by atoms with Gasteiger partial charge in [-0.05, 0) is 36.2 Å². The fourth-order valence-electron chi connectivity index (χ4n) is 2.22. The van der Waals surface area contributed by atoms with Crippen LogP contribution in [0.5, 0.6) is 0 Å². The molecule has 0 radical (unpaired) electrons. The van der Waals surface area contributed by atoms with Crippen LogP contribution in [0, 0.1) is 5.82 Å². The molecule has 0 aliphatic carbocycles. The number of carbonyl (C=O) groups is 1. The van der Waals surface area contributed by atoms with Gasteiger partial charge in [0.05, 0.1) is 6.04 Å². The molecule has 1 heterocycles. The van der Waals surface area contributed by atoms with Crippen LogP contribution >= 0.6 is 11.5 Å². The summed E-state index contributed by atoms with van der Waals surface area (Å²) in [5.41, 5.74) is 2.25. The van der Waals surface area contributed by atoms with Gasteiger partial charge in [-0.25, -0.2) is 4.39 Å². The van der Waals surface area contributed by atoms with Crippen molar-refractivity contribution >= 4 is 17.4 Å². The molecule has 116 valence electrons. The van der Waals surface area contributed by atoms with Gasteiger partial charge in [-0.2, -0.15) is 0 Å². The van der Waals surface area contributed by atoms with Gasteiger partial charge in [0.1, 0.15) is 16.4 Å². The molecule has 1 N–H and O–H groups in total. The SMILES string of the molecule is C[C@@H](NC(=O)c1snnc1-c1ccccc1)c1ccc(F)cc1. The zero-order chi connectivity index (χ0) is 16.2. The smallest absolute Gasteiger partial charge is 0.265 e. The first-order valence-corrected chi connectivity index (χ1v) is 7.86. The molecule has 0 unspecified atom stereocenters. The first-order valence-electron chi connectivity index (χ1n) is 7.09. The van der Waals surface area contributed by atoms with Gasteiger partial charge in [-0.15, -0.1) is 5.10 Å². The van der Waals surface area contributed by atoms with Gasteiger partial charge in [0.25, 0.3) is 5.91 Å². The van der Waals surface area contributed by atoms with E-state index in [0.717, 1.165) is 22.7 Å². The lowest BCUT2D eigenvalue weighted by molar-refractivity contribution is 0.0944. The van der Waals surface area contributed by atoms with E-state index in [9.17, 15) is 9.18 Å². The van der Waals surface area contributed by atoms with Gasteiger partial charge in [-0.1, -0.05) is 47.0 Å². The zero-order valence-corrected chi connectivity index (χ0v) is 13.2. The number of nitrogens with zero attached hydrogens (tertiary/aromatic N) is 2. The highest BCUT2D eigenvalue weighted by Gasteiger charge is 2.19. The second-order valence-electron chi connectivity index (χ2n) is 5.06. The summed E-state index contributed by atoms with van der Waals surface area (Å²) in [7, 11) is 0. The summed E-state index contributed by atoms with van der Waals surface area (Å²) in [5, 5.41) is 6.95. The third kappa shape index (κ3) is 3.43. The van der Waals surface area contributed by atoms with Crippen LogP contribution in [0.25, 0.3) is 11.3 Å². The molecule has 0 aliphatic heterocycles. The average Bonchev–Trinajstić information content (AvgIpc) is 3.06. The maximum absolute atomic E-state index is 13.0. The molecule has 6 heteroatoms. The molecule has 0 saturated carbocycles. The first-order chi connectivity index (χ1) is 11.1. The van der Waals surface area contributed by atoms with Gasteiger partial charge in [0.15, 0.2) is 0 Å². The maximum atomic E-state index is 13.0. The number of hydrogen-bond donors (Lipinski definition) is 1. The Balaban J connectivity index is 1.79. The minimum absolute atomic E-state index is 0.240. The van der Waals surface area contributed by atoms with Crippen LogP contribution in [0.15, 0.2) is 54.6 Å². The van der Waals surface area contributed by atoms with Crippen molar-refractivity contribution < 1.29 is 9.18 Å². The Hall–Kier alpha value is -2.60. The number of benzene rings is 2. The van der Waals surface area contributed by atoms with Crippen molar-refractivity contribution in [1.82, 2.24) is 14.9 Å². The molecule has 3 rings (SSSR count). The van der Waals surface area contributed by atoms with Crippen molar-refractivity contribution in [1.29, 1.82) is 0 Å². The normalized spacial score (nSPS) is 11.9. The molecule has 2 aromatic carbocycles. The topological polar surface area (TPSA) is 54.9 Å². The van der Waals surface area contributed by atoms with Crippen LogP contribution in [0.1, 0.15) is 28.2 Å². The Labute approximate surface area is 137 Å². The van der Waals surface area contributed by atoms with E-state index in [-0.39, 0.29) is 17.8 Å². The molecule has 0 bridgehead atoms. The number of hydrogen-bond acceptors (Lipinski definition) is 4. The summed E-state index contributed by atoms with van der Waals surface area (Å²) in [4.78, 5) is 13.0. The van der Waals surface area contributed by atoms with Gasteiger partial charge in [-0.3, -0.25) is 4.79 Å². The molecule has 1 atom stereocenters. The number of amides is 1. The molecule has 0 spiro atoms. The zero-order valence-electron chi connectivity index (χ0n) is 12.4. The quantitative estimate of drug-likeness (QED) is 0.792. The standard InChI is InChI=1S/C17H14FN3OS/c1-11(12-7-9-14(18)10-8-12)19-17(22)16-15(20-21-23-16)13-5-3-2-4-6-13/h2-11H,1H3,(H,19,22)/t11-/m1/s1. The maximum Gasteiger partial charge on any atom is 0.265 e. The van der Waals surface area contributed by atoms with Crippen molar-refractivity contribution in [2.24, 2.45) is 0 Å². The number of nitrogens with one attached hydrogen (secondary N) is 1. The lowest BCUT2D eigenvalue weighted by Crippen LogP contribution is -2.26. The number of rotatable bonds is 4. The fraction of sp³-hybridized carbons (Fsp3) is 0.118. The highest BCUT2D eigenvalue weighted by molar-refractivity contribution is 7.08. The molecule has 4 nitrogen and oxygen atoms in total. The number of halogens is 1. The number of carbonyl (C=O) groups excluding carboxylic acids is 1. The van der Waals surface area contributed by atoms with Crippen LogP contribution in [0.4, 0.5) is 4.39 Å². The van der Waals surface area contributed by atoms with Crippen molar-refractivity contribution in [3.05, 3.63) is 70.9 Å². The van der Waals surface area contributed by atoms with Crippen LogP contribution in [0.3, 0.4) is 0 Å². The molecule has 3 aromatic rings. The minimum atomic E-state index is -0.301. The van der Waals surface area contributed by atoms with E-state index < -0.39 is 0 Å². The highest BCUT2D eigenvalue weighted by atomic mass is 32.1. The number of aromatic nitrogens is 2. The molecule has 0 aliphatic rings. The van der Waals surface area contributed by atoms with Crippen molar-refractivity contribution in [3.63, 3.8) is 0 Å². The van der Waals surface area contributed by atoms with Crippen LogP contribution in [-0.4, -0.2) is 15.5 Å². The fourth-order valence-corrected chi connectivity index (χ4v) is 2.81. The summed E-state index contributed by atoms with van der Waals surface area (Å²) in [5.74, 6) is -0.541. The summed E-state index contributed by atoms with van der Waals surface area (Å²) in [6.45, 7) is 1.85. The van der Waals surface area contributed by atoms with E-state index in [4.69, 9.17) is 0 Å². The lowest BCUT2D eigenvalue weighted by atomic mass is 10.1. The van der Waals surface area contributed by atoms with Crippen molar-refractivity contribution in [2.75, 3.05) is 0 Å². The third-order valence-corrected chi connectivity index (χ3v) is 4.18. The minimum Gasteiger partial charge on any atom is -0.345 e. The van der Waals surface area contributed by atoms with Gasteiger partial charge in [0, 0.05) is 5.56 Å². The predicted molar refractivity (Wildman–Crippen MR) is 87.6 cm³/mol. The second kappa shape index (κ2) is 6.66. The summed E-state index contributed by atoms with van der Waals surface area (Å²) < 4.78 is 16.9. The van der Waals surface area contributed by atoms with Crippen LogP contribution in [0.2, 0.25) is 0 Å². The predicted octanol–water partition coefficient (Wildman–Crippen LogP) is 3.84. The molecular formula is C17H14FN3OS. The molecule has 23 heavy (non-hydrogen) atoms. The average molecular weight is 327 g/mol. The van der Waals surface area contributed by atoms with E-state index in [1.54, 1.807) is 12.1 Å². The van der Waals surface area contributed by atoms with E-state index in [0.29, 0.717) is 10.6 Å². The Morgan fingerprint density at radius 2 is 1.83 bits per heavy atom. The Bertz CT molecular complexity index is 802. The Kier molecular flexibility index (Phi) is 4.43. The summed E-state index contributed by atoms with van der Waals surface area (Å²) in [6.07, 6.45) is 0. The second-order valence-corrected chi connectivity index (χ2v) is 5.82. The molecule has 0 fully saturated rings. The van der Waals surface area contributed by atoms with Gasteiger partial charge in [0.2, 0.25) is 0 Å². The van der Waals surface area contributed by atoms with Crippen molar-refractivity contribution in [3.8, 4) is 11.3 Å². The lowest BCUT2D eigenvalue weighted by Gasteiger charge is -2.13. The van der Waals surface area contributed by atoms with Gasteiger partial charge >= 0.3 is 0 Å². The molecule has 1 amide bonds. The highest BCUT2D eigenvalue weighted by Crippen LogP contribution is 2.24. The molecule has 0 saturated heterocycles. The summed E-state index contributed by atoms with van der Waals surface area (Å²) in [6, 6.07) is 15.3. The first kappa shape index (κ1) is 15.3. The van der Waals surface area contributed by atoms with E-state index in [1.165, 1.54) is 12.1 Å². The van der Waals surface area contributed by atoms with E-state index in [2.05, 4.69) is 14.9 Å². The monoisotopic (exact) mass is 327 g/mol. The van der Waals surface area contributed by atoms with E-state index in [1.807, 2.05) is 37.3 Å². The third-order valence-electron chi connectivity index (χ3n) is 3.46. The molecular weight excluding hydrogens is 313 g/mol. The Morgan fingerprint density at radius 1 is 1.13 bits per heavy atom. The Morgan fingerprint density at radius 3 is 2.52 bits per heavy atom. The summed E-state index contributed by atoms with van der Waals surface area (Å²) >= 11 is 1.06. The van der Waals surface area contributed by atoms with Crippen LogP contribution < -0.4 is 5.32 Å². The van der Waals surface area contributed by atoms with Crippen LogP contribution in [-0.2, 0) is 0 Å². The van der Waals surface area contributed by atoms with Crippen molar-refractivity contribution in [2.45, 2.75) is 13.0 Å². The van der Waals surface area contributed by atoms with Gasteiger partial charge < -0.3 is 5.32 Å².